The van der Waals surface area contributed by atoms with E-state index in [0.717, 1.165) is 23.3 Å². The number of rotatable bonds is 4. The Morgan fingerprint density at radius 2 is 1.90 bits per heavy atom. The second-order valence-corrected chi connectivity index (χ2v) is 6.07. The largest absolute Gasteiger partial charge is 0.294 e. The Morgan fingerprint density at radius 3 is 2.67 bits per heavy atom. The van der Waals surface area contributed by atoms with Gasteiger partial charge in [0.2, 0.25) is 5.78 Å². The molecule has 106 valence electrons. The van der Waals surface area contributed by atoms with E-state index >= 15 is 0 Å². The summed E-state index contributed by atoms with van der Waals surface area (Å²) >= 11 is 1.54. The van der Waals surface area contributed by atoms with Crippen molar-refractivity contribution in [2.24, 2.45) is 0 Å². The first-order valence-electron chi connectivity index (χ1n) is 6.83. The van der Waals surface area contributed by atoms with Crippen LogP contribution in [0.15, 0.2) is 29.6 Å². The van der Waals surface area contributed by atoms with Gasteiger partial charge in [0.05, 0.1) is 6.42 Å². The lowest BCUT2D eigenvalue weighted by molar-refractivity contribution is -0.134. The van der Waals surface area contributed by atoms with Crippen LogP contribution >= 0.6 is 11.3 Å². The molecule has 0 radical (unpaired) electrons. The summed E-state index contributed by atoms with van der Waals surface area (Å²) in [5.74, 6) is -1.42. The zero-order valence-corrected chi connectivity index (χ0v) is 12.5. The Morgan fingerprint density at radius 1 is 1.14 bits per heavy atom. The molecule has 0 N–H and O–H groups in total. The number of ketones is 3. The first-order chi connectivity index (χ1) is 10.1. The zero-order chi connectivity index (χ0) is 15.0. The maximum Gasteiger partial charge on any atom is 0.205 e. The van der Waals surface area contributed by atoms with Crippen LogP contribution in [0.25, 0.3) is 10.4 Å². The monoisotopic (exact) mass is 298 g/mol. The standard InChI is InChI=1S/C17H14O3S/c1-10(18)15(19)8-16(20)14-9-21-17-12-5-3-2-4-11(12)6-7-13(14)17/h2-5,9H,6-8H2,1H3. The first-order valence-corrected chi connectivity index (χ1v) is 7.71. The summed E-state index contributed by atoms with van der Waals surface area (Å²) in [5.41, 5.74) is 4.12. The van der Waals surface area contributed by atoms with Gasteiger partial charge in [0, 0.05) is 22.7 Å². The van der Waals surface area contributed by atoms with Crippen LogP contribution < -0.4 is 0 Å². The molecular weight excluding hydrogens is 284 g/mol. The quantitative estimate of drug-likeness (QED) is 0.494. The minimum Gasteiger partial charge on any atom is -0.294 e. The van der Waals surface area contributed by atoms with Gasteiger partial charge in [-0.25, -0.2) is 0 Å². The highest BCUT2D eigenvalue weighted by Crippen LogP contribution is 2.40. The third kappa shape index (κ3) is 2.47. The summed E-state index contributed by atoms with van der Waals surface area (Å²) in [6, 6.07) is 8.20. The van der Waals surface area contributed by atoms with Crippen molar-refractivity contribution in [3.8, 4) is 10.4 Å². The van der Waals surface area contributed by atoms with Gasteiger partial charge >= 0.3 is 0 Å². The molecule has 1 heterocycles. The van der Waals surface area contributed by atoms with Crippen LogP contribution in [0.1, 0.15) is 34.8 Å². The van der Waals surface area contributed by atoms with Crippen LogP contribution in [0, 0.1) is 0 Å². The van der Waals surface area contributed by atoms with Gasteiger partial charge < -0.3 is 0 Å². The van der Waals surface area contributed by atoms with E-state index < -0.39 is 11.6 Å². The molecule has 1 aliphatic rings. The van der Waals surface area contributed by atoms with E-state index in [1.807, 2.05) is 17.5 Å². The van der Waals surface area contributed by atoms with Crippen molar-refractivity contribution in [1.29, 1.82) is 0 Å². The lowest BCUT2D eigenvalue weighted by Gasteiger charge is -2.16. The molecule has 0 spiro atoms. The van der Waals surface area contributed by atoms with Crippen LogP contribution in [0.2, 0.25) is 0 Å². The van der Waals surface area contributed by atoms with Gasteiger partial charge in [-0.3, -0.25) is 14.4 Å². The van der Waals surface area contributed by atoms with Gasteiger partial charge in [-0.15, -0.1) is 11.3 Å². The van der Waals surface area contributed by atoms with Gasteiger partial charge in [-0.1, -0.05) is 24.3 Å². The molecule has 0 fully saturated rings. The van der Waals surface area contributed by atoms with Crippen LogP contribution in [-0.2, 0) is 22.4 Å². The van der Waals surface area contributed by atoms with Crippen molar-refractivity contribution in [2.75, 3.05) is 0 Å². The predicted molar refractivity (Wildman–Crippen MR) is 81.8 cm³/mol. The third-order valence-electron chi connectivity index (χ3n) is 3.81. The van der Waals surface area contributed by atoms with Crippen molar-refractivity contribution in [1.82, 2.24) is 0 Å². The van der Waals surface area contributed by atoms with E-state index in [9.17, 15) is 14.4 Å². The Kier molecular flexibility index (Phi) is 3.55. The number of Topliss-reactive ketones (excluding diaryl/α,β-unsaturated/α-hetero) is 3. The van der Waals surface area contributed by atoms with Crippen molar-refractivity contribution >= 4 is 28.7 Å². The fourth-order valence-corrected chi connectivity index (χ4v) is 3.87. The summed E-state index contributed by atoms with van der Waals surface area (Å²) in [6.07, 6.45) is 1.40. The second kappa shape index (κ2) is 5.37. The molecule has 1 aromatic heterocycles. The molecule has 0 atom stereocenters. The van der Waals surface area contributed by atoms with Gasteiger partial charge in [0.15, 0.2) is 11.6 Å². The molecule has 0 amide bonds. The summed E-state index contributed by atoms with van der Waals surface area (Å²) in [6.45, 7) is 1.20. The molecule has 0 aliphatic heterocycles. The van der Waals surface area contributed by atoms with E-state index in [0.29, 0.717) is 5.56 Å². The van der Waals surface area contributed by atoms with E-state index in [1.165, 1.54) is 18.1 Å². The number of carbonyl (C=O) groups excluding carboxylic acids is 3. The molecule has 1 aromatic carbocycles. The lowest BCUT2D eigenvalue weighted by atomic mass is 9.88. The first kappa shape index (κ1) is 13.9. The smallest absolute Gasteiger partial charge is 0.205 e. The number of benzene rings is 1. The number of aryl methyl sites for hydroxylation is 1. The van der Waals surface area contributed by atoms with Crippen molar-refractivity contribution in [2.45, 2.75) is 26.2 Å². The third-order valence-corrected chi connectivity index (χ3v) is 4.87. The number of thiophene rings is 1. The van der Waals surface area contributed by atoms with Crippen LogP contribution in [0.3, 0.4) is 0 Å². The average molecular weight is 298 g/mol. The molecule has 1 aliphatic carbocycles. The fourth-order valence-electron chi connectivity index (χ4n) is 2.68. The Bertz CT molecular complexity index is 755. The Hall–Kier alpha value is -2.07. The summed E-state index contributed by atoms with van der Waals surface area (Å²) in [4.78, 5) is 35.8. The summed E-state index contributed by atoms with van der Waals surface area (Å²) in [5, 5.41) is 1.82. The highest BCUT2D eigenvalue weighted by molar-refractivity contribution is 7.14. The summed E-state index contributed by atoms with van der Waals surface area (Å²) < 4.78 is 0. The van der Waals surface area contributed by atoms with Crippen LogP contribution in [0.5, 0.6) is 0 Å². The van der Waals surface area contributed by atoms with Crippen LogP contribution in [-0.4, -0.2) is 17.3 Å². The van der Waals surface area contributed by atoms with E-state index in [1.54, 1.807) is 11.3 Å². The zero-order valence-electron chi connectivity index (χ0n) is 11.6. The topological polar surface area (TPSA) is 51.2 Å². The SMILES string of the molecule is CC(=O)C(=O)CC(=O)c1csc2c1CCc1ccccc1-2. The molecule has 3 rings (SSSR count). The van der Waals surface area contributed by atoms with Gasteiger partial charge in [-0.05, 0) is 29.5 Å². The van der Waals surface area contributed by atoms with Crippen molar-refractivity contribution in [3.63, 3.8) is 0 Å². The van der Waals surface area contributed by atoms with Gasteiger partial charge in [0.25, 0.3) is 0 Å². The minimum absolute atomic E-state index is 0.243. The number of fused-ring (bicyclic) bond motifs is 3. The average Bonchev–Trinajstić information content (AvgIpc) is 2.91. The van der Waals surface area contributed by atoms with E-state index in [2.05, 4.69) is 12.1 Å². The number of hydrogen-bond acceptors (Lipinski definition) is 4. The molecule has 3 nitrogen and oxygen atoms in total. The number of carbonyl (C=O) groups is 3. The van der Waals surface area contributed by atoms with Gasteiger partial charge in [0.1, 0.15) is 0 Å². The molecule has 2 aromatic rings. The molecule has 0 saturated heterocycles. The Balaban J connectivity index is 1.95. The maximum absolute atomic E-state index is 12.2. The van der Waals surface area contributed by atoms with Crippen molar-refractivity contribution in [3.05, 3.63) is 46.3 Å². The normalized spacial score (nSPS) is 12.4. The fraction of sp³-hybridized carbons (Fsp3) is 0.235. The van der Waals surface area contributed by atoms with Crippen LogP contribution in [0.4, 0.5) is 0 Å². The second-order valence-electron chi connectivity index (χ2n) is 5.19. The molecule has 0 saturated carbocycles. The highest BCUT2D eigenvalue weighted by Gasteiger charge is 2.25. The maximum atomic E-state index is 12.2. The minimum atomic E-state index is -0.615. The van der Waals surface area contributed by atoms with Crippen molar-refractivity contribution < 1.29 is 14.4 Å². The Labute approximate surface area is 126 Å². The highest BCUT2D eigenvalue weighted by atomic mass is 32.1. The van der Waals surface area contributed by atoms with Gasteiger partial charge in [-0.2, -0.15) is 0 Å². The van der Waals surface area contributed by atoms with E-state index in [-0.39, 0.29) is 12.2 Å². The molecule has 0 unspecified atom stereocenters. The molecular formula is C17H14O3S. The molecule has 0 bridgehead atoms. The van der Waals surface area contributed by atoms with E-state index in [4.69, 9.17) is 0 Å². The lowest BCUT2D eigenvalue weighted by Crippen LogP contribution is -2.16. The summed E-state index contributed by atoms with van der Waals surface area (Å²) in [7, 11) is 0. The molecule has 21 heavy (non-hydrogen) atoms. The number of hydrogen-bond donors (Lipinski definition) is 0. The predicted octanol–water partition coefficient (Wildman–Crippen LogP) is 3.24. The molecule has 4 heteroatoms.